The summed E-state index contributed by atoms with van der Waals surface area (Å²) in [5.74, 6) is 0. The summed E-state index contributed by atoms with van der Waals surface area (Å²) in [6, 6.07) is 9.47. The van der Waals surface area contributed by atoms with Gasteiger partial charge in [0.2, 0.25) is 0 Å². The average Bonchev–Trinajstić information content (AvgIpc) is 2.72. The number of nitrogens with zero attached hydrogens (tertiary/aromatic N) is 2. The summed E-state index contributed by atoms with van der Waals surface area (Å²) in [7, 11) is 0. The van der Waals surface area contributed by atoms with Crippen molar-refractivity contribution in [3.63, 3.8) is 0 Å². The molecule has 0 unspecified atom stereocenters. The predicted molar refractivity (Wildman–Crippen MR) is 59.9 cm³/mol. The molecule has 2 heterocycles. The Hall–Kier alpha value is -2.43. The zero-order valence-electron chi connectivity index (χ0n) is 8.27. The zero-order chi connectivity index (χ0) is 11.0. The van der Waals surface area contributed by atoms with E-state index in [0.29, 0.717) is 5.69 Å². The highest BCUT2D eigenvalue weighted by molar-refractivity contribution is 5.91. The smallest absolute Gasteiger partial charge is 0.304 e. The molecule has 0 spiro atoms. The topological polar surface area (TPSA) is 74.4 Å². The molecule has 0 saturated heterocycles. The van der Waals surface area contributed by atoms with Crippen LogP contribution in [0.1, 0.15) is 0 Å². The Morgan fingerprint density at radius 1 is 1.12 bits per heavy atom. The van der Waals surface area contributed by atoms with Crippen LogP contribution in [0, 0.1) is 0 Å². The maximum absolute atomic E-state index is 11.1. The standard InChI is InChI=1S/C11H8N4O/c16-11-12-6-5-9(13-11)10-7-3-1-2-4-8(7)14-15-10/h1-6H,(H,14,15)(H,12,13,16). The molecule has 0 radical (unpaired) electrons. The van der Waals surface area contributed by atoms with Gasteiger partial charge in [-0.25, -0.2) is 9.78 Å². The van der Waals surface area contributed by atoms with Crippen molar-refractivity contribution in [2.24, 2.45) is 0 Å². The Kier molecular flexibility index (Phi) is 1.83. The predicted octanol–water partition coefficient (Wildman–Crippen LogP) is 1.31. The van der Waals surface area contributed by atoms with Crippen molar-refractivity contribution in [1.82, 2.24) is 20.2 Å². The van der Waals surface area contributed by atoms with E-state index in [1.165, 1.54) is 6.20 Å². The molecule has 78 valence electrons. The van der Waals surface area contributed by atoms with E-state index in [1.807, 2.05) is 24.3 Å². The van der Waals surface area contributed by atoms with Crippen LogP contribution in [0.25, 0.3) is 22.3 Å². The molecule has 1 aromatic carbocycles. The van der Waals surface area contributed by atoms with E-state index in [0.717, 1.165) is 16.6 Å². The highest BCUT2D eigenvalue weighted by Gasteiger charge is 2.07. The van der Waals surface area contributed by atoms with Gasteiger partial charge >= 0.3 is 5.69 Å². The number of aromatic amines is 2. The maximum atomic E-state index is 11.1. The number of rotatable bonds is 1. The number of fused-ring (bicyclic) bond motifs is 1. The van der Waals surface area contributed by atoms with Gasteiger partial charge in [0.1, 0.15) is 5.69 Å². The monoisotopic (exact) mass is 212 g/mol. The fourth-order valence-electron chi connectivity index (χ4n) is 1.68. The Morgan fingerprint density at radius 3 is 2.88 bits per heavy atom. The van der Waals surface area contributed by atoms with Gasteiger partial charge in [0.15, 0.2) is 0 Å². The van der Waals surface area contributed by atoms with E-state index in [4.69, 9.17) is 0 Å². The van der Waals surface area contributed by atoms with Crippen LogP contribution in [0.3, 0.4) is 0 Å². The second-order valence-electron chi connectivity index (χ2n) is 3.41. The SMILES string of the molecule is O=c1nccc(-c2n[nH]c3ccccc23)[nH]1. The van der Waals surface area contributed by atoms with E-state index in [-0.39, 0.29) is 5.69 Å². The Bertz CT molecular complexity index is 698. The number of H-pyrrole nitrogens is 2. The molecule has 3 aromatic rings. The second-order valence-corrected chi connectivity index (χ2v) is 3.41. The number of hydrogen-bond donors (Lipinski definition) is 2. The van der Waals surface area contributed by atoms with Crippen LogP contribution < -0.4 is 5.69 Å². The van der Waals surface area contributed by atoms with E-state index < -0.39 is 0 Å². The van der Waals surface area contributed by atoms with E-state index >= 15 is 0 Å². The van der Waals surface area contributed by atoms with Crippen molar-refractivity contribution in [2.75, 3.05) is 0 Å². The normalized spacial score (nSPS) is 10.8. The van der Waals surface area contributed by atoms with Crippen LogP contribution in [0.15, 0.2) is 41.3 Å². The third kappa shape index (κ3) is 1.30. The molecule has 0 aliphatic heterocycles. The molecule has 0 aliphatic carbocycles. The molecule has 0 fully saturated rings. The van der Waals surface area contributed by atoms with Crippen LogP contribution in [0.2, 0.25) is 0 Å². The molecule has 16 heavy (non-hydrogen) atoms. The third-order valence-corrected chi connectivity index (χ3v) is 2.40. The lowest BCUT2D eigenvalue weighted by Crippen LogP contribution is -2.09. The minimum absolute atomic E-state index is 0.371. The van der Waals surface area contributed by atoms with Gasteiger partial charge in [-0.15, -0.1) is 0 Å². The molecule has 0 atom stereocenters. The molecule has 5 heteroatoms. The summed E-state index contributed by atoms with van der Waals surface area (Å²) < 4.78 is 0. The van der Waals surface area contributed by atoms with Crippen molar-refractivity contribution in [2.45, 2.75) is 0 Å². The van der Waals surface area contributed by atoms with Crippen molar-refractivity contribution in [1.29, 1.82) is 0 Å². The summed E-state index contributed by atoms with van der Waals surface area (Å²) in [4.78, 5) is 17.4. The molecular weight excluding hydrogens is 204 g/mol. The summed E-state index contributed by atoms with van der Waals surface area (Å²) in [5.41, 5.74) is 1.97. The van der Waals surface area contributed by atoms with Gasteiger partial charge in [0, 0.05) is 11.6 Å². The number of para-hydroxylation sites is 1. The molecule has 0 bridgehead atoms. The first-order valence-electron chi connectivity index (χ1n) is 4.83. The van der Waals surface area contributed by atoms with Crippen molar-refractivity contribution in [3.05, 3.63) is 47.0 Å². The van der Waals surface area contributed by atoms with Crippen LogP contribution >= 0.6 is 0 Å². The van der Waals surface area contributed by atoms with Gasteiger partial charge in [-0.2, -0.15) is 5.10 Å². The summed E-state index contributed by atoms with van der Waals surface area (Å²) in [6.07, 6.45) is 1.47. The van der Waals surface area contributed by atoms with Crippen molar-refractivity contribution < 1.29 is 0 Å². The number of aromatic nitrogens is 4. The van der Waals surface area contributed by atoms with Crippen LogP contribution in [-0.2, 0) is 0 Å². The third-order valence-electron chi connectivity index (χ3n) is 2.40. The minimum Gasteiger partial charge on any atom is -0.304 e. The molecule has 0 amide bonds. The molecule has 2 aromatic heterocycles. The molecule has 3 rings (SSSR count). The summed E-state index contributed by atoms with van der Waals surface area (Å²) in [5, 5.41) is 8.07. The van der Waals surface area contributed by atoms with Gasteiger partial charge in [0.25, 0.3) is 0 Å². The summed E-state index contributed by atoms with van der Waals surface area (Å²) in [6.45, 7) is 0. The average molecular weight is 212 g/mol. The zero-order valence-corrected chi connectivity index (χ0v) is 8.27. The van der Waals surface area contributed by atoms with Crippen LogP contribution in [0.4, 0.5) is 0 Å². The van der Waals surface area contributed by atoms with Gasteiger partial charge in [-0.05, 0) is 12.1 Å². The molecule has 0 saturated carbocycles. The summed E-state index contributed by atoms with van der Waals surface area (Å²) >= 11 is 0. The fraction of sp³-hybridized carbons (Fsp3) is 0. The Balaban J connectivity index is 2.30. The Labute approximate surface area is 90.2 Å². The first kappa shape index (κ1) is 8.84. The van der Waals surface area contributed by atoms with Crippen LogP contribution in [-0.4, -0.2) is 20.2 Å². The molecule has 2 N–H and O–H groups in total. The second kappa shape index (κ2) is 3.30. The van der Waals surface area contributed by atoms with Gasteiger partial charge in [-0.1, -0.05) is 18.2 Å². The van der Waals surface area contributed by atoms with Gasteiger partial charge < -0.3 is 4.98 Å². The van der Waals surface area contributed by atoms with Gasteiger partial charge in [-0.3, -0.25) is 5.10 Å². The number of nitrogens with one attached hydrogen (secondary N) is 2. The lowest BCUT2D eigenvalue weighted by atomic mass is 10.2. The number of hydrogen-bond acceptors (Lipinski definition) is 3. The lowest BCUT2D eigenvalue weighted by molar-refractivity contribution is 1.05. The molecule has 5 nitrogen and oxygen atoms in total. The lowest BCUT2D eigenvalue weighted by Gasteiger charge is -1.95. The van der Waals surface area contributed by atoms with Crippen molar-refractivity contribution in [3.8, 4) is 11.4 Å². The van der Waals surface area contributed by atoms with E-state index in [9.17, 15) is 4.79 Å². The van der Waals surface area contributed by atoms with Crippen molar-refractivity contribution >= 4 is 10.9 Å². The minimum atomic E-state index is -0.371. The highest BCUT2D eigenvalue weighted by Crippen LogP contribution is 2.22. The first-order chi connectivity index (χ1) is 7.84. The molecule has 0 aliphatic rings. The van der Waals surface area contributed by atoms with E-state index in [1.54, 1.807) is 6.07 Å². The maximum Gasteiger partial charge on any atom is 0.345 e. The van der Waals surface area contributed by atoms with Gasteiger partial charge in [0.05, 0.1) is 11.2 Å². The largest absolute Gasteiger partial charge is 0.345 e. The first-order valence-corrected chi connectivity index (χ1v) is 4.83. The fourth-order valence-corrected chi connectivity index (χ4v) is 1.68. The molecular formula is C11H8N4O. The Morgan fingerprint density at radius 2 is 2.00 bits per heavy atom. The number of benzene rings is 1. The highest BCUT2D eigenvalue weighted by atomic mass is 16.1. The van der Waals surface area contributed by atoms with Crippen LogP contribution in [0.5, 0.6) is 0 Å². The quantitative estimate of drug-likeness (QED) is 0.638. The van der Waals surface area contributed by atoms with E-state index in [2.05, 4.69) is 20.2 Å².